The number of alkyl halides is 4. The molecule has 0 bridgehead atoms. The van der Waals surface area contributed by atoms with Crippen LogP contribution >= 0.6 is 11.6 Å². The smallest absolute Gasteiger partial charge is 0.349 e. The van der Waals surface area contributed by atoms with Gasteiger partial charge >= 0.3 is 12.2 Å². The van der Waals surface area contributed by atoms with E-state index in [4.69, 9.17) is 11.6 Å². The summed E-state index contributed by atoms with van der Waals surface area (Å²) >= 11 is 5.83. The molecule has 1 atom stereocenters. The lowest BCUT2D eigenvalue weighted by Gasteiger charge is -2.14. The summed E-state index contributed by atoms with van der Waals surface area (Å²) in [5.74, 6) is -1.51. The van der Waals surface area contributed by atoms with Gasteiger partial charge in [-0.25, -0.2) is 4.79 Å². The Bertz CT molecular complexity index is 447. The molecule has 0 spiro atoms. The third-order valence-electron chi connectivity index (χ3n) is 2.26. The van der Waals surface area contributed by atoms with E-state index in [1.807, 2.05) is 0 Å². The van der Waals surface area contributed by atoms with Crippen molar-refractivity contribution in [2.45, 2.75) is 11.7 Å². The standard InChI is InChI=1S/C8H7ClF3N3O2/c1-14-3-5(9)15(7(14)16)6-2-4(17-13-6)8(10,11)12/h2,5H,3H2,1H3. The highest BCUT2D eigenvalue weighted by Crippen LogP contribution is 2.33. The fourth-order valence-electron chi connectivity index (χ4n) is 1.44. The summed E-state index contributed by atoms with van der Waals surface area (Å²) in [5, 5.41) is 3.20. The van der Waals surface area contributed by atoms with Crippen LogP contribution < -0.4 is 4.90 Å². The number of nitrogens with zero attached hydrogens (tertiary/aromatic N) is 3. The van der Waals surface area contributed by atoms with E-state index in [1.54, 1.807) is 0 Å². The molecule has 2 amide bonds. The molecule has 1 aliphatic heterocycles. The van der Waals surface area contributed by atoms with E-state index in [2.05, 4.69) is 9.68 Å². The average molecular weight is 270 g/mol. The molecular formula is C8H7ClF3N3O2. The summed E-state index contributed by atoms with van der Waals surface area (Å²) in [7, 11) is 1.49. The summed E-state index contributed by atoms with van der Waals surface area (Å²) in [4.78, 5) is 13.8. The molecule has 0 aromatic carbocycles. The van der Waals surface area contributed by atoms with Crippen molar-refractivity contribution in [2.75, 3.05) is 18.5 Å². The van der Waals surface area contributed by atoms with Gasteiger partial charge in [0.1, 0.15) is 5.50 Å². The van der Waals surface area contributed by atoms with Gasteiger partial charge in [0.25, 0.3) is 0 Å². The second-order valence-electron chi connectivity index (χ2n) is 3.51. The highest BCUT2D eigenvalue weighted by atomic mass is 35.5. The number of hydrogen-bond acceptors (Lipinski definition) is 3. The Balaban J connectivity index is 2.29. The first kappa shape index (κ1) is 12.0. The van der Waals surface area contributed by atoms with Crippen molar-refractivity contribution in [1.82, 2.24) is 10.1 Å². The summed E-state index contributed by atoms with van der Waals surface area (Å²) in [6, 6.07) is 0.124. The minimum atomic E-state index is -4.64. The first-order chi connectivity index (χ1) is 7.80. The normalized spacial score (nSPS) is 21.5. The molecule has 0 saturated carbocycles. The van der Waals surface area contributed by atoms with E-state index >= 15 is 0 Å². The third kappa shape index (κ3) is 2.04. The lowest BCUT2D eigenvalue weighted by molar-refractivity contribution is -0.155. The fraction of sp³-hybridized carbons (Fsp3) is 0.500. The maximum absolute atomic E-state index is 12.3. The first-order valence-electron chi connectivity index (χ1n) is 4.53. The van der Waals surface area contributed by atoms with Crippen LogP contribution in [0.3, 0.4) is 0 Å². The van der Waals surface area contributed by atoms with Gasteiger partial charge in [-0.3, -0.25) is 4.90 Å². The lowest BCUT2D eigenvalue weighted by Crippen LogP contribution is -2.31. The van der Waals surface area contributed by atoms with Crippen LogP contribution in [0.25, 0.3) is 0 Å². The molecule has 5 nitrogen and oxygen atoms in total. The van der Waals surface area contributed by atoms with Gasteiger partial charge in [-0.2, -0.15) is 13.2 Å². The second kappa shape index (κ2) is 3.80. The Kier molecular flexibility index (Phi) is 2.69. The van der Waals surface area contributed by atoms with Crippen molar-refractivity contribution in [2.24, 2.45) is 0 Å². The summed E-state index contributed by atoms with van der Waals surface area (Å²) < 4.78 is 41.0. The molecule has 2 rings (SSSR count). The number of anilines is 1. The molecule has 1 aromatic heterocycles. The minimum absolute atomic E-state index is 0.203. The van der Waals surface area contributed by atoms with Gasteiger partial charge in [0.15, 0.2) is 5.82 Å². The molecule has 1 fully saturated rings. The number of carbonyl (C=O) groups is 1. The molecule has 94 valence electrons. The number of carbonyl (C=O) groups excluding carboxylic acids is 1. The molecule has 17 heavy (non-hydrogen) atoms. The van der Waals surface area contributed by atoms with Crippen molar-refractivity contribution in [1.29, 1.82) is 0 Å². The van der Waals surface area contributed by atoms with Crippen LogP contribution in [0.4, 0.5) is 23.8 Å². The number of halogens is 4. The number of aromatic nitrogens is 1. The average Bonchev–Trinajstić information content (AvgIpc) is 2.73. The van der Waals surface area contributed by atoms with Crippen LogP contribution in [0.1, 0.15) is 5.76 Å². The molecule has 1 aliphatic rings. The van der Waals surface area contributed by atoms with E-state index in [9.17, 15) is 18.0 Å². The van der Waals surface area contributed by atoms with Gasteiger partial charge in [-0.15, -0.1) is 0 Å². The van der Waals surface area contributed by atoms with Crippen LogP contribution in [-0.2, 0) is 6.18 Å². The topological polar surface area (TPSA) is 49.6 Å². The first-order valence-corrected chi connectivity index (χ1v) is 4.96. The van der Waals surface area contributed by atoms with Crippen LogP contribution in [0.15, 0.2) is 10.6 Å². The Morgan fingerprint density at radius 2 is 2.24 bits per heavy atom. The Morgan fingerprint density at radius 1 is 1.59 bits per heavy atom. The number of urea groups is 1. The van der Waals surface area contributed by atoms with E-state index in [-0.39, 0.29) is 12.4 Å². The summed E-state index contributed by atoms with van der Waals surface area (Å²) in [5.41, 5.74) is -0.765. The van der Waals surface area contributed by atoms with E-state index < -0.39 is 23.5 Å². The predicted octanol–water partition coefficient (Wildman–Crippen LogP) is 2.13. The molecule has 1 saturated heterocycles. The SMILES string of the molecule is CN1CC(Cl)N(c2cc(C(F)(F)F)on2)C1=O. The zero-order valence-electron chi connectivity index (χ0n) is 8.53. The van der Waals surface area contributed by atoms with Crippen LogP contribution in [0.2, 0.25) is 0 Å². The molecule has 0 radical (unpaired) electrons. The maximum atomic E-state index is 12.3. The predicted molar refractivity (Wildman–Crippen MR) is 51.7 cm³/mol. The molecule has 1 unspecified atom stereocenters. The Labute approximate surface area is 98.7 Å². The van der Waals surface area contributed by atoms with Crippen LogP contribution in [0, 0.1) is 0 Å². The van der Waals surface area contributed by atoms with Crippen LogP contribution in [0.5, 0.6) is 0 Å². The van der Waals surface area contributed by atoms with Crippen molar-refractivity contribution in [3.05, 3.63) is 11.8 Å². The molecule has 0 N–H and O–H groups in total. The van der Waals surface area contributed by atoms with Gasteiger partial charge < -0.3 is 9.42 Å². The Hall–Kier alpha value is -1.44. The monoisotopic (exact) mass is 269 g/mol. The van der Waals surface area contributed by atoms with Crippen molar-refractivity contribution < 1.29 is 22.5 Å². The number of hydrogen-bond donors (Lipinski definition) is 0. The Morgan fingerprint density at radius 3 is 2.65 bits per heavy atom. The highest BCUT2D eigenvalue weighted by molar-refractivity contribution is 6.25. The molecule has 9 heteroatoms. The number of rotatable bonds is 1. The summed E-state index contributed by atoms with van der Waals surface area (Å²) in [6.45, 7) is 0.203. The van der Waals surface area contributed by atoms with Gasteiger partial charge in [0, 0.05) is 13.1 Å². The number of amides is 2. The fourth-order valence-corrected chi connectivity index (χ4v) is 1.83. The number of likely N-dealkylation sites (N-methyl/N-ethyl adjacent to an activating group) is 1. The van der Waals surface area contributed by atoms with E-state index in [1.165, 1.54) is 11.9 Å². The van der Waals surface area contributed by atoms with Gasteiger partial charge in [0.2, 0.25) is 5.76 Å². The summed E-state index contributed by atoms with van der Waals surface area (Å²) in [6.07, 6.45) is -4.64. The van der Waals surface area contributed by atoms with Gasteiger partial charge in [0.05, 0.1) is 6.54 Å². The van der Waals surface area contributed by atoms with E-state index in [0.29, 0.717) is 6.07 Å². The van der Waals surface area contributed by atoms with Crippen molar-refractivity contribution in [3.63, 3.8) is 0 Å². The van der Waals surface area contributed by atoms with Crippen LogP contribution in [-0.4, -0.2) is 35.2 Å². The third-order valence-corrected chi connectivity index (χ3v) is 2.59. The molecule has 2 heterocycles. The zero-order valence-corrected chi connectivity index (χ0v) is 9.29. The zero-order chi connectivity index (χ0) is 12.8. The highest BCUT2D eigenvalue weighted by Gasteiger charge is 2.41. The minimum Gasteiger partial charge on any atom is -0.349 e. The van der Waals surface area contributed by atoms with Crippen molar-refractivity contribution in [3.8, 4) is 0 Å². The molecule has 1 aromatic rings. The second-order valence-corrected chi connectivity index (χ2v) is 4.02. The lowest BCUT2D eigenvalue weighted by atomic mass is 10.4. The van der Waals surface area contributed by atoms with Gasteiger partial charge in [-0.1, -0.05) is 16.8 Å². The van der Waals surface area contributed by atoms with E-state index in [0.717, 1.165) is 4.90 Å². The quantitative estimate of drug-likeness (QED) is 0.580. The maximum Gasteiger partial charge on any atom is 0.452 e. The largest absolute Gasteiger partial charge is 0.452 e. The molecule has 0 aliphatic carbocycles. The van der Waals surface area contributed by atoms with Crippen molar-refractivity contribution >= 4 is 23.4 Å². The molecular weight excluding hydrogens is 263 g/mol. The van der Waals surface area contributed by atoms with Gasteiger partial charge in [-0.05, 0) is 0 Å².